The molecule has 3 rings (SSSR count). The minimum Gasteiger partial charge on any atom is -0.480 e. The molecule has 2 aliphatic rings. The number of β-lactam (4-membered cyclic amide) rings is 1. The molecule has 24 heavy (non-hydrogen) atoms. The quantitative estimate of drug-likeness (QED) is 0.390. The van der Waals surface area contributed by atoms with Crippen LogP contribution in [-0.4, -0.2) is 76.1 Å². The van der Waals surface area contributed by atoms with E-state index in [-0.39, 0.29) is 22.0 Å². The molecule has 1 aromatic rings. The number of hydrogen-bond acceptors (Lipinski definition) is 9. The fraction of sp³-hybridized carbons (Fsp3) is 0.455. The summed E-state index contributed by atoms with van der Waals surface area (Å²) in [5.74, 6) is -2.06. The third kappa shape index (κ3) is 2.85. The van der Waals surface area contributed by atoms with Crippen molar-refractivity contribution < 1.29 is 24.6 Å². The van der Waals surface area contributed by atoms with Crippen LogP contribution in [0.25, 0.3) is 0 Å². The van der Waals surface area contributed by atoms with Gasteiger partial charge in [-0.15, -0.1) is 16.9 Å². The number of thioether (sulfide) groups is 2. The molecule has 2 aliphatic heterocycles. The Morgan fingerprint density at radius 1 is 1.42 bits per heavy atom. The Labute approximate surface area is 143 Å². The third-order valence-electron chi connectivity index (χ3n) is 3.45. The third-order valence-corrected chi connectivity index (χ3v) is 5.85. The highest BCUT2D eigenvalue weighted by molar-refractivity contribution is 8.01. The maximum Gasteiger partial charge on any atom is 0.352 e. The van der Waals surface area contributed by atoms with Crippen molar-refractivity contribution in [3.8, 4) is 0 Å². The molecule has 4 N–H and O–H groups in total. The van der Waals surface area contributed by atoms with E-state index in [1.54, 1.807) is 0 Å². The SMILES string of the molecule is N[C@@H]1C(=O)N2C(C(=O)O)=C(CSc3nnnn3CC(=O)O)CS[C@@H]12. The van der Waals surface area contributed by atoms with Crippen LogP contribution in [0.15, 0.2) is 16.4 Å². The normalized spacial score (nSPS) is 23.0. The average molecular weight is 372 g/mol. The molecular formula is C11H12N6O5S2. The van der Waals surface area contributed by atoms with Gasteiger partial charge in [0.2, 0.25) is 11.1 Å². The molecule has 2 atom stereocenters. The summed E-state index contributed by atoms with van der Waals surface area (Å²) in [6.07, 6.45) is 0. The highest BCUT2D eigenvalue weighted by atomic mass is 32.2. The number of aromatic nitrogens is 4. The van der Waals surface area contributed by atoms with Gasteiger partial charge < -0.3 is 15.9 Å². The zero-order chi connectivity index (χ0) is 17.4. The van der Waals surface area contributed by atoms with Crippen LogP contribution in [0.2, 0.25) is 0 Å². The van der Waals surface area contributed by atoms with Crippen molar-refractivity contribution in [2.75, 3.05) is 11.5 Å². The van der Waals surface area contributed by atoms with Gasteiger partial charge in [0.25, 0.3) is 0 Å². The summed E-state index contributed by atoms with van der Waals surface area (Å²) in [5, 5.41) is 28.8. The van der Waals surface area contributed by atoms with Crippen LogP contribution in [-0.2, 0) is 20.9 Å². The highest BCUT2D eigenvalue weighted by Crippen LogP contribution is 2.40. The second-order valence-corrected chi connectivity index (χ2v) is 7.04. The van der Waals surface area contributed by atoms with E-state index in [1.807, 2.05) is 0 Å². The van der Waals surface area contributed by atoms with Gasteiger partial charge in [0.15, 0.2) is 0 Å². The summed E-state index contributed by atoms with van der Waals surface area (Å²) >= 11 is 2.51. The molecule has 0 saturated carbocycles. The molecule has 3 heterocycles. The Bertz CT molecular complexity index is 749. The Morgan fingerprint density at radius 3 is 2.83 bits per heavy atom. The Kier molecular flexibility index (Phi) is 4.47. The lowest BCUT2D eigenvalue weighted by molar-refractivity contribution is -0.147. The number of rotatable bonds is 6. The molecule has 128 valence electrons. The van der Waals surface area contributed by atoms with Crippen LogP contribution >= 0.6 is 23.5 Å². The molecule has 0 bridgehead atoms. The first-order valence-electron chi connectivity index (χ1n) is 6.66. The summed E-state index contributed by atoms with van der Waals surface area (Å²) in [7, 11) is 0. The van der Waals surface area contributed by atoms with E-state index in [4.69, 9.17) is 10.8 Å². The smallest absolute Gasteiger partial charge is 0.352 e. The first kappa shape index (κ1) is 16.7. The van der Waals surface area contributed by atoms with Crippen LogP contribution in [0.5, 0.6) is 0 Å². The van der Waals surface area contributed by atoms with Gasteiger partial charge >= 0.3 is 11.9 Å². The lowest BCUT2D eigenvalue weighted by Gasteiger charge is -2.48. The molecule has 13 heteroatoms. The number of aliphatic carboxylic acids is 2. The van der Waals surface area contributed by atoms with Gasteiger partial charge in [-0.05, 0) is 16.0 Å². The molecule has 1 saturated heterocycles. The van der Waals surface area contributed by atoms with Gasteiger partial charge in [-0.1, -0.05) is 11.8 Å². The van der Waals surface area contributed by atoms with Gasteiger partial charge in [-0.25, -0.2) is 9.48 Å². The second kappa shape index (κ2) is 6.41. The molecule has 1 fully saturated rings. The molecule has 0 spiro atoms. The maximum absolute atomic E-state index is 11.8. The maximum atomic E-state index is 11.8. The number of tetrazole rings is 1. The predicted molar refractivity (Wildman–Crippen MR) is 81.9 cm³/mol. The van der Waals surface area contributed by atoms with Crippen molar-refractivity contribution >= 4 is 41.4 Å². The Morgan fingerprint density at radius 2 is 2.17 bits per heavy atom. The predicted octanol–water partition coefficient (Wildman–Crippen LogP) is -1.57. The van der Waals surface area contributed by atoms with Gasteiger partial charge in [0.05, 0.1) is 0 Å². The summed E-state index contributed by atoms with van der Waals surface area (Å²) in [6, 6.07) is -0.679. The average Bonchev–Trinajstić information content (AvgIpc) is 2.97. The van der Waals surface area contributed by atoms with Crippen LogP contribution < -0.4 is 5.73 Å². The molecule has 1 aromatic heterocycles. The number of amides is 1. The molecule has 1 amide bonds. The first-order chi connectivity index (χ1) is 11.4. The van der Waals surface area contributed by atoms with Crippen molar-refractivity contribution in [3.05, 3.63) is 11.3 Å². The van der Waals surface area contributed by atoms with Crippen LogP contribution in [0.4, 0.5) is 0 Å². The number of hydrogen-bond donors (Lipinski definition) is 3. The van der Waals surface area contributed by atoms with Crippen LogP contribution in [0.1, 0.15) is 0 Å². The van der Waals surface area contributed by atoms with Crippen molar-refractivity contribution in [2.24, 2.45) is 5.73 Å². The number of carbonyl (C=O) groups is 3. The zero-order valence-electron chi connectivity index (χ0n) is 12.0. The fourth-order valence-corrected chi connectivity index (χ4v) is 4.68. The van der Waals surface area contributed by atoms with Gasteiger partial charge in [-0.2, -0.15) is 0 Å². The molecule has 0 aromatic carbocycles. The molecule has 0 unspecified atom stereocenters. The molecular weight excluding hydrogens is 360 g/mol. The van der Waals surface area contributed by atoms with Gasteiger partial charge in [0, 0.05) is 11.5 Å². The van der Waals surface area contributed by atoms with Crippen molar-refractivity contribution in [2.45, 2.75) is 23.1 Å². The van der Waals surface area contributed by atoms with Crippen molar-refractivity contribution in [1.29, 1.82) is 0 Å². The molecule has 0 aliphatic carbocycles. The van der Waals surface area contributed by atoms with Crippen LogP contribution in [0.3, 0.4) is 0 Å². The summed E-state index contributed by atoms with van der Waals surface area (Å²) in [6.45, 7) is -0.392. The van der Waals surface area contributed by atoms with E-state index in [0.717, 1.165) is 16.4 Å². The van der Waals surface area contributed by atoms with Gasteiger partial charge in [0.1, 0.15) is 23.7 Å². The number of carbonyl (C=O) groups excluding carboxylic acids is 1. The second-order valence-electron chi connectivity index (χ2n) is 4.99. The number of carboxylic acids is 2. The lowest BCUT2D eigenvalue weighted by Crippen LogP contribution is -2.68. The fourth-order valence-electron chi connectivity index (χ4n) is 2.37. The molecule has 0 radical (unpaired) electrons. The van der Waals surface area contributed by atoms with E-state index < -0.39 is 30.4 Å². The number of nitrogens with two attached hydrogens (primary N) is 1. The summed E-state index contributed by atoms with van der Waals surface area (Å²) < 4.78 is 1.11. The first-order valence-corrected chi connectivity index (χ1v) is 8.70. The van der Waals surface area contributed by atoms with Crippen molar-refractivity contribution in [1.82, 2.24) is 25.1 Å². The van der Waals surface area contributed by atoms with Gasteiger partial charge in [-0.3, -0.25) is 14.5 Å². The zero-order valence-corrected chi connectivity index (χ0v) is 13.7. The highest BCUT2D eigenvalue weighted by Gasteiger charge is 2.51. The van der Waals surface area contributed by atoms with Crippen molar-refractivity contribution in [3.63, 3.8) is 0 Å². The largest absolute Gasteiger partial charge is 0.480 e. The van der Waals surface area contributed by atoms with E-state index in [1.165, 1.54) is 16.7 Å². The molecule has 11 nitrogen and oxygen atoms in total. The Hall–Kier alpha value is -2.12. The number of fused-ring (bicyclic) bond motifs is 1. The van der Waals surface area contributed by atoms with E-state index in [2.05, 4.69) is 15.5 Å². The van der Waals surface area contributed by atoms with Crippen LogP contribution in [0, 0.1) is 0 Å². The van der Waals surface area contributed by atoms with E-state index in [9.17, 15) is 19.5 Å². The summed E-state index contributed by atoms with van der Waals surface area (Å²) in [5.41, 5.74) is 6.16. The summed E-state index contributed by atoms with van der Waals surface area (Å²) in [4.78, 5) is 35.3. The van der Waals surface area contributed by atoms with E-state index >= 15 is 0 Å². The monoisotopic (exact) mass is 372 g/mol. The number of nitrogens with zero attached hydrogens (tertiary/aromatic N) is 5. The lowest BCUT2D eigenvalue weighted by atomic mass is 10.0. The Balaban J connectivity index is 1.78. The minimum absolute atomic E-state index is 0.0600. The minimum atomic E-state index is -1.19. The standard InChI is InChI=1S/C11H12N6O5S2/c12-6-8(20)17-7(10(21)22)4(2-23-9(6)17)3-24-11-13-14-15-16(11)1-5(18)19/h6,9H,1-3,12H2,(H,18,19)(H,21,22)/t6-,9+/m1/s1. The number of carboxylic acid groups (broad SMARTS) is 2. The topological polar surface area (TPSA) is 165 Å². The van der Waals surface area contributed by atoms with E-state index in [0.29, 0.717) is 11.3 Å².